The Morgan fingerprint density at radius 2 is 1.48 bits per heavy atom. The summed E-state index contributed by atoms with van der Waals surface area (Å²) in [5, 5.41) is 17.6. The molecule has 10 heteroatoms. The van der Waals surface area contributed by atoms with Crippen LogP contribution in [0.3, 0.4) is 0 Å². The summed E-state index contributed by atoms with van der Waals surface area (Å²) in [7, 11) is -8.74. The number of hydrogen-bond donors (Lipinski definition) is 0. The van der Waals surface area contributed by atoms with E-state index in [1.54, 1.807) is 19.1 Å². The van der Waals surface area contributed by atoms with Gasteiger partial charge in [0.15, 0.2) is 0 Å². The van der Waals surface area contributed by atoms with Crippen LogP contribution in [0.1, 0.15) is 18.4 Å². The molecule has 0 atom stereocenters. The summed E-state index contributed by atoms with van der Waals surface area (Å²) in [6.07, 6.45) is -0.196. The summed E-state index contributed by atoms with van der Waals surface area (Å²) in [5.74, 6) is 0.0584. The number of nitriles is 2. The van der Waals surface area contributed by atoms with E-state index in [1.807, 2.05) is 12.1 Å². The van der Waals surface area contributed by atoms with E-state index in [2.05, 4.69) is 0 Å². The zero-order valence-electron chi connectivity index (χ0n) is 15.6. The summed E-state index contributed by atoms with van der Waals surface area (Å²) in [6.45, 7) is 1.45. The van der Waals surface area contributed by atoms with Crippen molar-refractivity contribution in [2.75, 3.05) is 13.1 Å². The van der Waals surface area contributed by atoms with E-state index in [4.69, 9.17) is 14.7 Å². The monoisotopic (exact) mass is 433 g/mol. The molecule has 0 bridgehead atoms. The molecule has 0 fully saturated rings. The Morgan fingerprint density at radius 1 is 0.897 bits per heavy atom. The van der Waals surface area contributed by atoms with Gasteiger partial charge in [0.05, 0.1) is 12.1 Å². The van der Waals surface area contributed by atoms with Crippen LogP contribution in [0, 0.1) is 29.6 Å². The third kappa shape index (κ3) is 5.55. The van der Waals surface area contributed by atoms with Crippen LogP contribution in [0.4, 0.5) is 0 Å². The van der Waals surface area contributed by atoms with Crippen LogP contribution < -0.4 is 4.18 Å². The van der Waals surface area contributed by atoms with Gasteiger partial charge in [0.25, 0.3) is 0 Å². The van der Waals surface area contributed by atoms with Crippen molar-refractivity contribution in [2.45, 2.75) is 29.6 Å². The molecule has 0 saturated carbocycles. The molecule has 0 aliphatic rings. The Morgan fingerprint density at radius 3 is 2.03 bits per heavy atom. The third-order valence-electron chi connectivity index (χ3n) is 3.88. The van der Waals surface area contributed by atoms with Crippen LogP contribution in [0.5, 0.6) is 5.75 Å². The highest BCUT2D eigenvalue weighted by Gasteiger charge is 2.32. The van der Waals surface area contributed by atoms with E-state index in [-0.39, 0.29) is 31.7 Å². The fourth-order valence-electron chi connectivity index (χ4n) is 2.55. The highest BCUT2D eigenvalue weighted by molar-refractivity contribution is 7.91. The molecule has 0 aromatic heterocycles. The van der Waals surface area contributed by atoms with Gasteiger partial charge in [0.2, 0.25) is 10.0 Å². The highest BCUT2D eigenvalue weighted by Crippen LogP contribution is 2.27. The van der Waals surface area contributed by atoms with Gasteiger partial charge in [0.1, 0.15) is 15.5 Å². The number of nitrogens with zero attached hydrogens (tertiary/aromatic N) is 3. The van der Waals surface area contributed by atoms with Gasteiger partial charge in [-0.25, -0.2) is 8.42 Å². The van der Waals surface area contributed by atoms with Gasteiger partial charge >= 0.3 is 10.1 Å². The molecule has 8 nitrogen and oxygen atoms in total. The van der Waals surface area contributed by atoms with E-state index >= 15 is 0 Å². The van der Waals surface area contributed by atoms with Crippen molar-refractivity contribution in [1.82, 2.24) is 4.31 Å². The van der Waals surface area contributed by atoms with Crippen molar-refractivity contribution in [1.29, 1.82) is 10.5 Å². The van der Waals surface area contributed by atoms with Crippen molar-refractivity contribution in [2.24, 2.45) is 0 Å². The second kappa shape index (κ2) is 9.52. The average Bonchev–Trinajstić information content (AvgIpc) is 2.67. The molecular formula is C19H19N3O5S2. The number of sulfonamides is 1. The molecule has 2 aromatic carbocycles. The lowest BCUT2D eigenvalue weighted by atomic mass is 10.2. The van der Waals surface area contributed by atoms with E-state index in [0.29, 0.717) is 0 Å². The van der Waals surface area contributed by atoms with Gasteiger partial charge in [-0.1, -0.05) is 24.3 Å². The van der Waals surface area contributed by atoms with E-state index in [0.717, 1.165) is 22.0 Å². The van der Waals surface area contributed by atoms with Crippen LogP contribution >= 0.6 is 0 Å². The minimum atomic E-state index is -4.45. The zero-order valence-corrected chi connectivity index (χ0v) is 17.3. The van der Waals surface area contributed by atoms with Gasteiger partial charge in [-0.05, 0) is 36.8 Å². The minimum Gasteiger partial charge on any atom is -0.379 e. The topological polar surface area (TPSA) is 128 Å². The molecule has 0 saturated heterocycles. The Balaban J connectivity index is 2.50. The summed E-state index contributed by atoms with van der Waals surface area (Å²) >= 11 is 0. The molecule has 152 valence electrons. The van der Waals surface area contributed by atoms with Crippen LogP contribution in [0.15, 0.2) is 58.3 Å². The Hall–Kier alpha value is -2.92. The van der Waals surface area contributed by atoms with E-state index < -0.39 is 29.9 Å². The Bertz CT molecular complexity index is 1140. The fourth-order valence-corrected chi connectivity index (χ4v) is 5.69. The molecule has 0 aliphatic carbocycles. The lowest BCUT2D eigenvalue weighted by molar-refractivity contribution is 0.422. The quantitative estimate of drug-likeness (QED) is 0.556. The number of rotatable bonds is 9. The summed E-state index contributed by atoms with van der Waals surface area (Å²) in [5.41, 5.74) is 0.776. The molecule has 2 aromatic rings. The lowest BCUT2D eigenvalue weighted by Crippen LogP contribution is -2.34. The maximum Gasteiger partial charge on any atom is 0.340 e. The van der Waals surface area contributed by atoms with Gasteiger partial charge in [0, 0.05) is 25.9 Å². The summed E-state index contributed by atoms with van der Waals surface area (Å²) in [6, 6.07) is 15.1. The van der Waals surface area contributed by atoms with Crippen molar-refractivity contribution in [3.05, 3.63) is 54.1 Å². The van der Waals surface area contributed by atoms with Gasteiger partial charge in [-0.15, -0.1) is 0 Å². The first-order valence-corrected chi connectivity index (χ1v) is 11.4. The predicted molar refractivity (Wildman–Crippen MR) is 105 cm³/mol. The molecule has 2 rings (SSSR count). The van der Waals surface area contributed by atoms with E-state index in [9.17, 15) is 16.8 Å². The first-order valence-electron chi connectivity index (χ1n) is 8.56. The summed E-state index contributed by atoms with van der Waals surface area (Å²) < 4.78 is 57.9. The predicted octanol–water partition coefficient (Wildman–Crippen LogP) is 2.58. The normalized spacial score (nSPS) is 11.6. The lowest BCUT2D eigenvalue weighted by Gasteiger charge is -2.21. The van der Waals surface area contributed by atoms with Crippen molar-refractivity contribution in [3.8, 4) is 17.9 Å². The fraction of sp³-hybridized carbons (Fsp3) is 0.263. The maximum absolute atomic E-state index is 13.1. The molecule has 0 amide bonds. The average molecular weight is 434 g/mol. The molecule has 0 heterocycles. The van der Waals surface area contributed by atoms with Crippen LogP contribution in [-0.2, 0) is 20.1 Å². The first-order chi connectivity index (χ1) is 13.7. The van der Waals surface area contributed by atoms with E-state index in [1.165, 1.54) is 24.3 Å². The van der Waals surface area contributed by atoms with Gasteiger partial charge in [-0.3, -0.25) is 0 Å². The Kier molecular flexibility index (Phi) is 7.35. The van der Waals surface area contributed by atoms with Crippen molar-refractivity contribution >= 4 is 20.1 Å². The van der Waals surface area contributed by atoms with Gasteiger partial charge in [-0.2, -0.15) is 23.2 Å². The minimum absolute atomic E-state index is 0.0584. The molecule has 0 unspecified atom stereocenters. The standard InChI is InChI=1S/C19H19N3O5S2/c1-16-7-4-8-17(15-16)27-29(25,26)19-10-3-2-9-18(19)28(23,24)22(13-5-11-20)14-6-12-21/h2-4,7-10,15H,5-6,13-14H2,1H3. The smallest absolute Gasteiger partial charge is 0.340 e. The second-order valence-electron chi connectivity index (χ2n) is 6.02. The number of hydrogen-bond acceptors (Lipinski definition) is 7. The third-order valence-corrected chi connectivity index (χ3v) is 7.27. The first kappa shape index (κ1) is 22.4. The van der Waals surface area contributed by atoms with Crippen LogP contribution in [0.2, 0.25) is 0 Å². The summed E-state index contributed by atoms with van der Waals surface area (Å²) in [4.78, 5) is -0.982. The highest BCUT2D eigenvalue weighted by atomic mass is 32.2. The number of benzene rings is 2. The zero-order chi connectivity index (χ0) is 21.5. The molecule has 0 radical (unpaired) electrons. The van der Waals surface area contributed by atoms with Crippen molar-refractivity contribution in [3.63, 3.8) is 0 Å². The maximum atomic E-state index is 13.1. The van der Waals surface area contributed by atoms with Crippen molar-refractivity contribution < 1.29 is 21.0 Å². The van der Waals surface area contributed by atoms with Crippen LogP contribution in [0.25, 0.3) is 0 Å². The van der Waals surface area contributed by atoms with Gasteiger partial charge < -0.3 is 4.18 Å². The molecular weight excluding hydrogens is 414 g/mol. The second-order valence-corrected chi connectivity index (χ2v) is 9.44. The van der Waals surface area contributed by atoms with Crippen LogP contribution in [-0.4, -0.2) is 34.2 Å². The molecule has 0 spiro atoms. The Labute approximate surface area is 170 Å². The molecule has 0 aliphatic heterocycles. The SMILES string of the molecule is Cc1cccc(OS(=O)(=O)c2ccccc2S(=O)(=O)N(CCC#N)CCC#N)c1. The largest absolute Gasteiger partial charge is 0.379 e. The molecule has 29 heavy (non-hydrogen) atoms. The number of aryl methyl sites for hydroxylation is 1. The molecule has 0 N–H and O–H groups in total.